The zero-order chi connectivity index (χ0) is 8.97. The molecular formula is C8H13F2NO. The second-order valence-electron chi connectivity index (χ2n) is 3.21. The van der Waals surface area contributed by atoms with Crippen molar-refractivity contribution >= 4 is 6.29 Å². The van der Waals surface area contributed by atoms with Gasteiger partial charge in [0, 0.05) is 32.5 Å². The van der Waals surface area contributed by atoms with Crippen LogP contribution in [0.3, 0.4) is 0 Å². The molecule has 70 valence electrons. The summed E-state index contributed by atoms with van der Waals surface area (Å²) in [5.41, 5.74) is 0. The van der Waals surface area contributed by atoms with Crippen molar-refractivity contribution in [3.05, 3.63) is 0 Å². The number of alkyl halides is 2. The van der Waals surface area contributed by atoms with E-state index in [1.807, 2.05) is 4.90 Å². The molecule has 2 nitrogen and oxygen atoms in total. The van der Waals surface area contributed by atoms with E-state index in [0.717, 1.165) is 19.4 Å². The Morgan fingerprint density at radius 2 is 2.17 bits per heavy atom. The van der Waals surface area contributed by atoms with E-state index in [2.05, 4.69) is 0 Å². The molecule has 0 bridgehead atoms. The van der Waals surface area contributed by atoms with Gasteiger partial charge in [0.15, 0.2) is 0 Å². The van der Waals surface area contributed by atoms with Gasteiger partial charge >= 0.3 is 0 Å². The second-order valence-corrected chi connectivity index (χ2v) is 3.21. The van der Waals surface area contributed by atoms with Gasteiger partial charge in [-0.1, -0.05) is 0 Å². The summed E-state index contributed by atoms with van der Waals surface area (Å²) < 4.78 is 23.4. The monoisotopic (exact) mass is 177 g/mol. The van der Waals surface area contributed by atoms with Crippen molar-refractivity contribution in [2.24, 2.45) is 5.92 Å². The predicted octanol–water partition coefficient (Wildman–Crippen LogP) is 1.16. The first-order chi connectivity index (χ1) is 5.72. The normalized spacial score (nSPS) is 19.6. The fraction of sp³-hybridized carbons (Fsp3) is 0.875. The molecule has 1 rings (SSSR count). The van der Waals surface area contributed by atoms with E-state index >= 15 is 0 Å². The van der Waals surface area contributed by atoms with Crippen molar-refractivity contribution in [1.82, 2.24) is 4.90 Å². The van der Waals surface area contributed by atoms with E-state index < -0.39 is 6.43 Å². The number of hydrogen-bond acceptors (Lipinski definition) is 2. The Kier molecular flexibility index (Phi) is 3.59. The van der Waals surface area contributed by atoms with Gasteiger partial charge in [0.05, 0.1) is 0 Å². The molecule has 12 heavy (non-hydrogen) atoms. The molecule has 1 aliphatic rings. The second kappa shape index (κ2) is 4.50. The van der Waals surface area contributed by atoms with E-state index in [1.54, 1.807) is 0 Å². The number of nitrogens with zero attached hydrogens (tertiary/aromatic N) is 1. The first-order valence-corrected chi connectivity index (χ1v) is 4.16. The fourth-order valence-electron chi connectivity index (χ4n) is 1.42. The Hall–Kier alpha value is -0.510. The highest BCUT2D eigenvalue weighted by Gasteiger charge is 2.25. The van der Waals surface area contributed by atoms with Gasteiger partial charge < -0.3 is 9.69 Å². The number of hydrogen-bond donors (Lipinski definition) is 0. The fourth-order valence-corrected chi connectivity index (χ4v) is 1.42. The van der Waals surface area contributed by atoms with Gasteiger partial charge in [0.2, 0.25) is 6.43 Å². The largest absolute Gasteiger partial charge is 0.303 e. The van der Waals surface area contributed by atoms with Crippen LogP contribution in [0, 0.1) is 5.92 Å². The van der Waals surface area contributed by atoms with Crippen LogP contribution in [-0.4, -0.2) is 37.2 Å². The van der Waals surface area contributed by atoms with Gasteiger partial charge in [0.1, 0.15) is 6.29 Å². The number of likely N-dealkylation sites (tertiary alicyclic amines) is 1. The van der Waals surface area contributed by atoms with Gasteiger partial charge in [-0.15, -0.1) is 0 Å². The average Bonchev–Trinajstić information content (AvgIpc) is 1.93. The lowest BCUT2D eigenvalue weighted by Gasteiger charge is -2.38. The topological polar surface area (TPSA) is 20.3 Å². The highest BCUT2D eigenvalue weighted by molar-refractivity contribution is 5.50. The summed E-state index contributed by atoms with van der Waals surface area (Å²) in [4.78, 5) is 12.0. The molecule has 0 unspecified atom stereocenters. The molecule has 4 heteroatoms. The maximum Gasteiger partial charge on any atom is 0.239 e. The minimum atomic E-state index is -2.20. The average molecular weight is 177 g/mol. The molecule has 0 aliphatic carbocycles. The quantitative estimate of drug-likeness (QED) is 0.587. The van der Waals surface area contributed by atoms with Gasteiger partial charge in [-0.25, -0.2) is 8.78 Å². The Balaban J connectivity index is 1.98. The van der Waals surface area contributed by atoms with Crippen LogP contribution in [0.25, 0.3) is 0 Å². The first kappa shape index (κ1) is 9.58. The molecule has 0 aromatic rings. The first-order valence-electron chi connectivity index (χ1n) is 4.16. The summed E-state index contributed by atoms with van der Waals surface area (Å²) in [7, 11) is 0. The van der Waals surface area contributed by atoms with Crippen molar-refractivity contribution in [3.8, 4) is 0 Å². The Bertz CT molecular complexity index is 146. The highest BCUT2D eigenvalue weighted by Crippen LogP contribution is 2.18. The zero-order valence-electron chi connectivity index (χ0n) is 6.88. The minimum Gasteiger partial charge on any atom is -0.303 e. The molecule has 0 atom stereocenters. The van der Waals surface area contributed by atoms with Gasteiger partial charge in [-0.2, -0.15) is 0 Å². The van der Waals surface area contributed by atoms with Crippen molar-refractivity contribution in [2.45, 2.75) is 19.3 Å². The number of rotatable bonds is 5. The third-order valence-corrected chi connectivity index (χ3v) is 2.13. The summed E-state index contributed by atoms with van der Waals surface area (Å²) >= 11 is 0. The molecule has 0 N–H and O–H groups in total. The Morgan fingerprint density at radius 1 is 1.50 bits per heavy atom. The van der Waals surface area contributed by atoms with Crippen molar-refractivity contribution < 1.29 is 13.6 Å². The molecule has 1 fully saturated rings. The van der Waals surface area contributed by atoms with Crippen LogP contribution in [0.4, 0.5) is 8.78 Å². The number of aldehydes is 1. The lowest BCUT2D eigenvalue weighted by Crippen LogP contribution is -2.47. The van der Waals surface area contributed by atoms with Gasteiger partial charge in [0.25, 0.3) is 0 Å². The van der Waals surface area contributed by atoms with Crippen LogP contribution in [0.5, 0.6) is 0 Å². The summed E-state index contributed by atoms with van der Waals surface area (Å²) in [5.74, 6) is 0.417. The van der Waals surface area contributed by atoms with E-state index in [1.165, 1.54) is 0 Å². The van der Waals surface area contributed by atoms with Crippen molar-refractivity contribution in [1.29, 1.82) is 0 Å². The zero-order valence-corrected chi connectivity index (χ0v) is 6.88. The van der Waals surface area contributed by atoms with Crippen LogP contribution < -0.4 is 0 Å². The third-order valence-electron chi connectivity index (χ3n) is 2.13. The maximum atomic E-state index is 11.7. The maximum absolute atomic E-state index is 11.7. The predicted molar refractivity (Wildman–Crippen MR) is 41.2 cm³/mol. The molecule has 0 spiro atoms. The van der Waals surface area contributed by atoms with Gasteiger partial charge in [-0.05, 0) is 5.92 Å². The van der Waals surface area contributed by atoms with E-state index in [-0.39, 0.29) is 6.42 Å². The van der Waals surface area contributed by atoms with Gasteiger partial charge in [-0.3, -0.25) is 0 Å². The molecule has 1 heterocycles. The number of carbonyl (C=O) groups excluding carboxylic acids is 1. The van der Waals surface area contributed by atoms with Crippen molar-refractivity contribution in [2.75, 3.05) is 19.6 Å². The summed E-state index contributed by atoms with van der Waals surface area (Å²) in [6, 6.07) is 0. The molecule has 0 radical (unpaired) electrons. The molecular weight excluding hydrogens is 164 g/mol. The molecule has 0 saturated carbocycles. The van der Waals surface area contributed by atoms with Crippen LogP contribution in [0.15, 0.2) is 0 Å². The lowest BCUT2D eigenvalue weighted by molar-refractivity contribution is -0.109. The summed E-state index contributed by atoms with van der Waals surface area (Å²) in [6.07, 6.45) is -0.774. The van der Waals surface area contributed by atoms with Crippen molar-refractivity contribution in [3.63, 3.8) is 0 Å². The standard InChI is InChI=1S/C8H13F2NO/c9-8(10)1-3-11-5-7(6-11)2-4-12/h4,7-8H,1-3,5-6H2. The molecule has 1 saturated heterocycles. The van der Waals surface area contributed by atoms with E-state index in [9.17, 15) is 13.6 Å². The Labute approximate surface area is 70.5 Å². The molecule has 0 amide bonds. The number of carbonyl (C=O) groups is 1. The smallest absolute Gasteiger partial charge is 0.239 e. The molecule has 1 aliphatic heterocycles. The number of halogens is 2. The molecule has 0 aromatic carbocycles. The third kappa shape index (κ3) is 2.85. The summed E-state index contributed by atoms with van der Waals surface area (Å²) in [5, 5.41) is 0. The Morgan fingerprint density at radius 3 is 2.67 bits per heavy atom. The van der Waals surface area contributed by atoms with Crippen LogP contribution >= 0.6 is 0 Å². The summed E-state index contributed by atoms with van der Waals surface area (Å²) in [6.45, 7) is 2.09. The van der Waals surface area contributed by atoms with Crippen LogP contribution in [0.2, 0.25) is 0 Å². The highest BCUT2D eigenvalue weighted by atomic mass is 19.3. The minimum absolute atomic E-state index is 0.0478. The van der Waals surface area contributed by atoms with E-state index in [0.29, 0.717) is 18.9 Å². The lowest BCUT2D eigenvalue weighted by atomic mass is 9.97. The molecule has 0 aromatic heterocycles. The van der Waals surface area contributed by atoms with E-state index in [4.69, 9.17) is 0 Å². The SMILES string of the molecule is O=CCC1CN(CCC(F)F)C1. The van der Waals surface area contributed by atoms with Crippen LogP contribution in [0.1, 0.15) is 12.8 Å². The van der Waals surface area contributed by atoms with Crippen LogP contribution in [-0.2, 0) is 4.79 Å².